The van der Waals surface area contributed by atoms with Crippen molar-refractivity contribution in [1.29, 1.82) is 0 Å². The Morgan fingerprint density at radius 2 is 1.54 bits per heavy atom. The van der Waals surface area contributed by atoms with Gasteiger partial charge in [-0.15, -0.1) is 0 Å². The van der Waals surface area contributed by atoms with Crippen LogP contribution in [0, 0.1) is 10.8 Å². The Hall–Kier alpha value is -1.74. The molecular weight excluding hydrogens is 324 g/mol. The van der Waals surface area contributed by atoms with Gasteiger partial charge in [0.15, 0.2) is 6.29 Å². The topological polar surface area (TPSA) is 31.6 Å². The molecule has 0 aliphatic heterocycles. The molecule has 1 aromatic carbocycles. The third kappa shape index (κ3) is 5.91. The van der Waals surface area contributed by atoms with Crippen LogP contribution in [0.25, 0.3) is 0 Å². The van der Waals surface area contributed by atoms with Gasteiger partial charge in [-0.05, 0) is 53.5 Å². The number of rotatable bonds is 7. The Balaban J connectivity index is 1.93. The first kappa shape index (κ1) is 20.6. The zero-order valence-corrected chi connectivity index (χ0v) is 17.3. The van der Waals surface area contributed by atoms with Gasteiger partial charge in [0, 0.05) is 6.42 Å². The Labute approximate surface area is 158 Å². The normalized spacial score (nSPS) is 13.8. The maximum absolute atomic E-state index is 5.89. The first-order valence-corrected chi connectivity index (χ1v) is 9.48. The monoisotopic (exact) mass is 358 g/mol. The molecule has 1 unspecified atom stereocenters. The van der Waals surface area contributed by atoms with Gasteiger partial charge in [0.2, 0.25) is 0 Å². The molecule has 0 radical (unpaired) electrons. The number of hydrogen-bond donors (Lipinski definition) is 0. The summed E-state index contributed by atoms with van der Waals surface area (Å²) in [5.74, 6) is 2.23. The van der Waals surface area contributed by atoms with Crippen LogP contribution in [0.1, 0.15) is 65.7 Å². The van der Waals surface area contributed by atoms with Crippen molar-refractivity contribution in [2.75, 3.05) is 6.61 Å². The van der Waals surface area contributed by atoms with Crippen molar-refractivity contribution in [3.05, 3.63) is 54.0 Å². The molecule has 0 saturated carbocycles. The van der Waals surface area contributed by atoms with Crippen LogP contribution in [0.5, 0.6) is 5.75 Å². The van der Waals surface area contributed by atoms with Crippen molar-refractivity contribution < 1.29 is 13.9 Å². The highest BCUT2D eigenvalue weighted by Gasteiger charge is 2.35. The summed E-state index contributed by atoms with van der Waals surface area (Å²) in [6, 6.07) is 12.3. The Bertz CT molecular complexity index is 628. The molecule has 0 saturated heterocycles. The van der Waals surface area contributed by atoms with E-state index in [1.165, 1.54) is 5.56 Å². The van der Waals surface area contributed by atoms with E-state index in [1.807, 2.05) is 31.2 Å². The summed E-state index contributed by atoms with van der Waals surface area (Å²) in [5.41, 5.74) is 1.75. The third-order valence-electron chi connectivity index (χ3n) is 4.53. The number of furan rings is 1. The molecule has 0 amide bonds. The van der Waals surface area contributed by atoms with Crippen LogP contribution in [0.15, 0.2) is 47.1 Å². The SMILES string of the molecule is CC(OCCc1ccco1)Oc1ccc(C(C(C)(C)C)C(C)(C)C)cc1. The number of ether oxygens (including phenoxy) is 2. The van der Waals surface area contributed by atoms with E-state index in [0.29, 0.717) is 12.5 Å². The molecule has 26 heavy (non-hydrogen) atoms. The van der Waals surface area contributed by atoms with Crippen molar-refractivity contribution in [3.8, 4) is 5.75 Å². The van der Waals surface area contributed by atoms with Gasteiger partial charge in [0.25, 0.3) is 0 Å². The summed E-state index contributed by atoms with van der Waals surface area (Å²) < 4.78 is 16.9. The van der Waals surface area contributed by atoms with E-state index >= 15 is 0 Å². The minimum atomic E-state index is -0.295. The molecule has 1 atom stereocenters. The lowest BCUT2D eigenvalue weighted by Crippen LogP contribution is -2.30. The van der Waals surface area contributed by atoms with Crippen molar-refractivity contribution in [1.82, 2.24) is 0 Å². The predicted octanol–water partition coefficient (Wildman–Crippen LogP) is 6.44. The maximum Gasteiger partial charge on any atom is 0.196 e. The molecular formula is C23H34O3. The van der Waals surface area contributed by atoms with Crippen LogP contribution >= 0.6 is 0 Å². The summed E-state index contributed by atoms with van der Waals surface area (Å²) >= 11 is 0. The van der Waals surface area contributed by atoms with Crippen LogP contribution < -0.4 is 4.74 Å². The molecule has 0 fully saturated rings. The van der Waals surface area contributed by atoms with E-state index in [9.17, 15) is 0 Å². The van der Waals surface area contributed by atoms with Gasteiger partial charge >= 0.3 is 0 Å². The van der Waals surface area contributed by atoms with Crippen LogP contribution in [-0.4, -0.2) is 12.9 Å². The van der Waals surface area contributed by atoms with Crippen LogP contribution in [-0.2, 0) is 11.2 Å². The van der Waals surface area contributed by atoms with Gasteiger partial charge < -0.3 is 13.9 Å². The second-order valence-electron chi connectivity index (χ2n) is 9.12. The summed E-state index contributed by atoms with van der Waals surface area (Å²) in [5, 5.41) is 0. The van der Waals surface area contributed by atoms with Gasteiger partial charge in [0.05, 0.1) is 12.9 Å². The lowest BCUT2D eigenvalue weighted by atomic mass is 9.64. The third-order valence-corrected chi connectivity index (χ3v) is 4.53. The van der Waals surface area contributed by atoms with E-state index in [0.717, 1.165) is 17.9 Å². The Morgan fingerprint density at radius 1 is 0.923 bits per heavy atom. The molecule has 1 heterocycles. The minimum Gasteiger partial charge on any atom is -0.469 e. The molecule has 144 valence electrons. The highest BCUT2D eigenvalue weighted by Crippen LogP contribution is 2.47. The molecule has 1 aromatic heterocycles. The van der Waals surface area contributed by atoms with Crippen LogP contribution in [0.3, 0.4) is 0 Å². The summed E-state index contributed by atoms with van der Waals surface area (Å²) in [6.45, 7) is 16.3. The molecule has 0 bridgehead atoms. The van der Waals surface area contributed by atoms with E-state index in [-0.39, 0.29) is 17.1 Å². The average Bonchev–Trinajstić information content (AvgIpc) is 2.99. The van der Waals surface area contributed by atoms with E-state index in [4.69, 9.17) is 13.9 Å². The first-order valence-electron chi connectivity index (χ1n) is 9.48. The van der Waals surface area contributed by atoms with Crippen LogP contribution in [0.4, 0.5) is 0 Å². The predicted molar refractivity (Wildman–Crippen MR) is 107 cm³/mol. The van der Waals surface area contributed by atoms with Crippen molar-refractivity contribution in [2.24, 2.45) is 10.8 Å². The van der Waals surface area contributed by atoms with E-state index in [1.54, 1.807) is 6.26 Å². The van der Waals surface area contributed by atoms with Gasteiger partial charge in [0.1, 0.15) is 11.5 Å². The van der Waals surface area contributed by atoms with Crippen molar-refractivity contribution >= 4 is 0 Å². The molecule has 3 heteroatoms. The fourth-order valence-corrected chi connectivity index (χ4v) is 4.04. The summed E-state index contributed by atoms with van der Waals surface area (Å²) in [7, 11) is 0. The molecule has 2 aromatic rings. The van der Waals surface area contributed by atoms with Crippen molar-refractivity contribution in [2.45, 2.75) is 67.1 Å². The van der Waals surface area contributed by atoms with Gasteiger partial charge in [-0.3, -0.25) is 0 Å². The van der Waals surface area contributed by atoms with Crippen molar-refractivity contribution in [3.63, 3.8) is 0 Å². The van der Waals surface area contributed by atoms with E-state index in [2.05, 4.69) is 53.7 Å². The standard InChI is InChI=1S/C23H34O3/c1-17(24-16-14-19-9-8-15-25-19)26-20-12-10-18(11-13-20)21(22(2,3)4)23(5,6)7/h8-13,15,17,21H,14,16H2,1-7H3. The highest BCUT2D eigenvalue weighted by atomic mass is 16.7. The lowest BCUT2D eigenvalue weighted by molar-refractivity contribution is -0.0662. The first-order chi connectivity index (χ1) is 12.1. The maximum atomic E-state index is 5.89. The molecule has 2 rings (SSSR count). The molecule has 0 aliphatic carbocycles. The second kappa shape index (κ2) is 8.30. The molecule has 3 nitrogen and oxygen atoms in total. The highest BCUT2D eigenvalue weighted by molar-refractivity contribution is 5.31. The lowest BCUT2D eigenvalue weighted by Gasteiger charge is -2.41. The number of benzene rings is 1. The fraction of sp³-hybridized carbons (Fsp3) is 0.565. The smallest absolute Gasteiger partial charge is 0.196 e. The fourth-order valence-electron chi connectivity index (χ4n) is 4.04. The van der Waals surface area contributed by atoms with Gasteiger partial charge in [-0.2, -0.15) is 0 Å². The van der Waals surface area contributed by atoms with Gasteiger partial charge in [-0.1, -0.05) is 53.7 Å². The zero-order chi connectivity index (χ0) is 19.4. The quantitative estimate of drug-likeness (QED) is 0.534. The van der Waals surface area contributed by atoms with Gasteiger partial charge in [-0.25, -0.2) is 0 Å². The van der Waals surface area contributed by atoms with E-state index < -0.39 is 0 Å². The summed E-state index contributed by atoms with van der Waals surface area (Å²) in [6.07, 6.45) is 2.13. The number of hydrogen-bond acceptors (Lipinski definition) is 3. The average molecular weight is 359 g/mol. The summed E-state index contributed by atoms with van der Waals surface area (Å²) in [4.78, 5) is 0. The second-order valence-corrected chi connectivity index (χ2v) is 9.12. The zero-order valence-electron chi connectivity index (χ0n) is 17.3. The Morgan fingerprint density at radius 3 is 2.04 bits per heavy atom. The minimum absolute atomic E-state index is 0.197. The largest absolute Gasteiger partial charge is 0.469 e. The van der Waals surface area contributed by atoms with Crippen LogP contribution in [0.2, 0.25) is 0 Å². The Kier molecular flexibility index (Phi) is 6.57. The molecule has 0 N–H and O–H groups in total. The molecule has 0 aliphatic rings. The molecule has 0 spiro atoms.